The number of tetrazole rings is 1. The first-order valence-electron chi connectivity index (χ1n) is 6.13. The Kier molecular flexibility index (Phi) is 4.21. The molecular weight excluding hydrogens is 277 g/mol. The monoisotopic (exact) mass is 292 g/mol. The minimum absolute atomic E-state index is 0.0180. The van der Waals surface area contributed by atoms with Crippen LogP contribution in [-0.4, -0.2) is 62.9 Å². The van der Waals surface area contributed by atoms with Crippen LogP contribution in [0.5, 0.6) is 0 Å². The van der Waals surface area contributed by atoms with Crippen LogP contribution >= 0.6 is 0 Å². The van der Waals surface area contributed by atoms with E-state index in [1.165, 1.54) is 23.0 Å². The molecule has 1 aliphatic rings. The van der Waals surface area contributed by atoms with Crippen LogP contribution in [0.25, 0.3) is 0 Å². The van der Waals surface area contributed by atoms with Crippen molar-refractivity contribution in [2.45, 2.75) is 37.6 Å². The Bertz CT molecular complexity index is 448. The number of rotatable bonds is 3. The van der Waals surface area contributed by atoms with Crippen molar-refractivity contribution in [3.8, 4) is 0 Å². The molecule has 1 fully saturated rings. The highest BCUT2D eigenvalue weighted by Crippen LogP contribution is 2.30. The fourth-order valence-corrected chi connectivity index (χ4v) is 2.35. The zero-order valence-electron chi connectivity index (χ0n) is 10.8. The quantitative estimate of drug-likeness (QED) is 0.836. The molecule has 1 aromatic rings. The predicted molar refractivity (Wildman–Crippen MR) is 61.5 cm³/mol. The molecular formula is C10H15F3N6O. The van der Waals surface area contributed by atoms with Crippen molar-refractivity contribution < 1.29 is 18.0 Å². The van der Waals surface area contributed by atoms with Crippen molar-refractivity contribution >= 4 is 5.91 Å². The van der Waals surface area contributed by atoms with E-state index in [-0.39, 0.29) is 31.5 Å². The van der Waals surface area contributed by atoms with Gasteiger partial charge in [-0.15, -0.1) is 5.10 Å². The maximum Gasteiger partial charge on any atom is 0.404 e. The van der Waals surface area contributed by atoms with Crippen LogP contribution in [0.15, 0.2) is 6.33 Å². The van der Waals surface area contributed by atoms with E-state index in [0.717, 1.165) is 0 Å². The van der Waals surface area contributed by atoms with Gasteiger partial charge in [0.05, 0.1) is 0 Å². The van der Waals surface area contributed by atoms with Crippen molar-refractivity contribution in [2.75, 3.05) is 13.6 Å². The van der Waals surface area contributed by atoms with Gasteiger partial charge in [0.25, 0.3) is 0 Å². The maximum atomic E-state index is 12.7. The molecule has 1 saturated heterocycles. The third-order valence-electron chi connectivity index (χ3n) is 3.27. The van der Waals surface area contributed by atoms with Gasteiger partial charge in [0, 0.05) is 12.6 Å². The highest BCUT2D eigenvalue weighted by atomic mass is 19.4. The van der Waals surface area contributed by atoms with Crippen molar-refractivity contribution in [3.63, 3.8) is 0 Å². The van der Waals surface area contributed by atoms with Gasteiger partial charge in [-0.05, 0) is 30.3 Å². The minimum atomic E-state index is -4.23. The van der Waals surface area contributed by atoms with Gasteiger partial charge in [-0.25, -0.2) is 4.68 Å². The van der Waals surface area contributed by atoms with Crippen molar-refractivity contribution in [1.29, 1.82) is 0 Å². The number of piperidine rings is 1. The molecule has 0 saturated carbocycles. The minimum Gasteiger partial charge on any atom is -0.350 e. The molecule has 2 heterocycles. The van der Waals surface area contributed by atoms with E-state index in [1.807, 2.05) is 0 Å². The summed E-state index contributed by atoms with van der Waals surface area (Å²) < 4.78 is 39.3. The lowest BCUT2D eigenvalue weighted by Crippen LogP contribution is -2.55. The van der Waals surface area contributed by atoms with Crippen LogP contribution in [0.3, 0.4) is 0 Å². The van der Waals surface area contributed by atoms with Gasteiger partial charge in [-0.3, -0.25) is 9.69 Å². The first-order chi connectivity index (χ1) is 9.36. The smallest absolute Gasteiger partial charge is 0.350 e. The normalized spacial score (nSPS) is 24.6. The molecule has 0 bridgehead atoms. The molecule has 112 valence electrons. The summed E-state index contributed by atoms with van der Waals surface area (Å²) in [6, 6.07) is -1.72. The molecule has 2 unspecified atom stereocenters. The van der Waals surface area contributed by atoms with Gasteiger partial charge in [0.15, 0.2) is 0 Å². The molecule has 2 atom stereocenters. The molecule has 1 N–H and O–H groups in total. The largest absolute Gasteiger partial charge is 0.404 e. The Labute approximate surface area is 113 Å². The van der Waals surface area contributed by atoms with E-state index in [9.17, 15) is 18.0 Å². The van der Waals surface area contributed by atoms with Gasteiger partial charge in [-0.2, -0.15) is 13.2 Å². The average molecular weight is 292 g/mol. The highest BCUT2D eigenvalue weighted by Gasteiger charge is 2.44. The standard InChI is InChI=1S/C10H15F3N6O/c1-18-4-7(2-3-8(18)10(11,12)13)15-9(20)5-19-6-14-16-17-19/h6-8H,2-5H2,1H3,(H,15,20). The second-order valence-corrected chi connectivity index (χ2v) is 4.85. The Balaban J connectivity index is 1.82. The summed E-state index contributed by atoms with van der Waals surface area (Å²) in [4.78, 5) is 12.9. The van der Waals surface area contributed by atoms with Crippen molar-refractivity contribution in [3.05, 3.63) is 6.33 Å². The van der Waals surface area contributed by atoms with Crippen molar-refractivity contribution in [2.24, 2.45) is 0 Å². The van der Waals surface area contributed by atoms with Gasteiger partial charge >= 0.3 is 6.18 Å². The Morgan fingerprint density at radius 1 is 1.45 bits per heavy atom. The number of hydrogen-bond donors (Lipinski definition) is 1. The number of likely N-dealkylation sites (N-methyl/N-ethyl adjacent to an activating group) is 1. The molecule has 10 heteroatoms. The number of hydrogen-bond acceptors (Lipinski definition) is 5. The fraction of sp³-hybridized carbons (Fsp3) is 0.800. The molecule has 20 heavy (non-hydrogen) atoms. The fourth-order valence-electron chi connectivity index (χ4n) is 2.35. The summed E-state index contributed by atoms with van der Waals surface area (Å²) >= 11 is 0. The summed E-state index contributed by atoms with van der Waals surface area (Å²) in [7, 11) is 1.41. The first-order valence-corrected chi connectivity index (χ1v) is 6.13. The van der Waals surface area contributed by atoms with E-state index >= 15 is 0 Å². The number of nitrogens with one attached hydrogen (secondary N) is 1. The number of nitrogens with zero attached hydrogens (tertiary/aromatic N) is 5. The van der Waals surface area contributed by atoms with Crippen LogP contribution in [0, 0.1) is 0 Å². The van der Waals surface area contributed by atoms with E-state index in [1.54, 1.807) is 0 Å². The van der Waals surface area contributed by atoms with E-state index in [2.05, 4.69) is 20.8 Å². The number of alkyl halides is 3. The highest BCUT2D eigenvalue weighted by molar-refractivity contribution is 5.75. The molecule has 0 aliphatic carbocycles. The lowest BCUT2D eigenvalue weighted by atomic mass is 9.98. The number of carbonyl (C=O) groups excluding carboxylic acids is 1. The predicted octanol–water partition coefficient (Wildman–Crippen LogP) is -0.186. The molecule has 0 spiro atoms. The lowest BCUT2D eigenvalue weighted by molar-refractivity contribution is -0.188. The summed E-state index contributed by atoms with van der Waals surface area (Å²) in [5, 5.41) is 13.0. The summed E-state index contributed by atoms with van der Waals surface area (Å²) in [6.45, 7) is 0.126. The van der Waals surface area contributed by atoms with Crippen LogP contribution in [0.2, 0.25) is 0 Å². The Morgan fingerprint density at radius 3 is 2.75 bits per heavy atom. The second-order valence-electron chi connectivity index (χ2n) is 4.85. The second kappa shape index (κ2) is 5.73. The topological polar surface area (TPSA) is 75.9 Å². The number of aromatic nitrogens is 4. The van der Waals surface area contributed by atoms with Gasteiger partial charge < -0.3 is 5.32 Å². The number of carbonyl (C=O) groups is 1. The van der Waals surface area contributed by atoms with Crippen LogP contribution in [0.4, 0.5) is 13.2 Å². The average Bonchev–Trinajstić information content (AvgIpc) is 2.79. The molecule has 1 amide bonds. The van der Waals surface area contributed by atoms with Crippen LogP contribution in [0.1, 0.15) is 12.8 Å². The summed E-state index contributed by atoms with van der Waals surface area (Å²) in [5.41, 5.74) is 0. The zero-order valence-corrected chi connectivity index (χ0v) is 10.8. The van der Waals surface area contributed by atoms with Crippen molar-refractivity contribution in [1.82, 2.24) is 30.4 Å². The van der Waals surface area contributed by atoms with Gasteiger partial charge in [-0.1, -0.05) is 0 Å². The molecule has 0 aromatic carbocycles. The Hall–Kier alpha value is -1.71. The Morgan fingerprint density at radius 2 is 2.20 bits per heavy atom. The molecule has 1 aliphatic heterocycles. The molecule has 2 rings (SSSR count). The van der Waals surface area contributed by atoms with E-state index in [0.29, 0.717) is 6.42 Å². The van der Waals surface area contributed by atoms with Gasteiger partial charge in [0.2, 0.25) is 5.91 Å². The maximum absolute atomic E-state index is 12.7. The first kappa shape index (κ1) is 14.7. The number of halogens is 3. The SMILES string of the molecule is CN1CC(NC(=O)Cn2cnnn2)CCC1C(F)(F)F. The summed E-state index contributed by atoms with van der Waals surface area (Å²) in [6.07, 6.45) is -2.64. The van der Waals surface area contributed by atoms with E-state index < -0.39 is 12.2 Å². The van der Waals surface area contributed by atoms with Gasteiger partial charge in [0.1, 0.15) is 18.9 Å². The van der Waals surface area contributed by atoms with E-state index in [4.69, 9.17) is 0 Å². The van der Waals surface area contributed by atoms with Crippen LogP contribution < -0.4 is 5.32 Å². The number of likely N-dealkylation sites (tertiary alicyclic amines) is 1. The molecule has 7 nitrogen and oxygen atoms in total. The third-order valence-corrected chi connectivity index (χ3v) is 3.27. The zero-order chi connectivity index (χ0) is 14.8. The molecule has 0 radical (unpaired) electrons. The number of amides is 1. The third kappa shape index (κ3) is 3.65. The molecule has 1 aromatic heterocycles. The lowest BCUT2D eigenvalue weighted by Gasteiger charge is -2.38. The van der Waals surface area contributed by atoms with Crippen LogP contribution in [-0.2, 0) is 11.3 Å². The summed E-state index contributed by atoms with van der Waals surface area (Å²) in [5.74, 6) is -0.318.